The van der Waals surface area contributed by atoms with E-state index in [1.54, 1.807) is 0 Å². The molecular weight excluding hydrogens is 260 g/mol. The minimum atomic E-state index is 0.404. The molecule has 0 spiro atoms. The van der Waals surface area contributed by atoms with E-state index in [0.29, 0.717) is 6.04 Å². The van der Waals surface area contributed by atoms with Gasteiger partial charge in [-0.1, -0.05) is 25.5 Å². The molecule has 1 heterocycles. The van der Waals surface area contributed by atoms with Gasteiger partial charge in [-0.25, -0.2) is 0 Å². The number of likely N-dealkylation sites (N-methyl/N-ethyl adjacent to an activating group) is 1. The van der Waals surface area contributed by atoms with Crippen molar-refractivity contribution in [3.63, 3.8) is 0 Å². The smallest absolute Gasteiger partial charge is 0.119 e. The molecule has 1 N–H and O–H groups in total. The quantitative estimate of drug-likeness (QED) is 0.793. The van der Waals surface area contributed by atoms with Crippen molar-refractivity contribution in [3.8, 4) is 5.75 Å². The first-order chi connectivity index (χ1) is 10.3. The first-order valence-electron chi connectivity index (χ1n) is 8.39. The average molecular weight is 290 g/mol. The number of ether oxygens (including phenoxy) is 1. The van der Waals surface area contributed by atoms with E-state index in [1.165, 1.54) is 37.9 Å². The molecule has 1 saturated heterocycles. The molecule has 1 aromatic carbocycles. The summed E-state index contributed by atoms with van der Waals surface area (Å²) in [6.45, 7) is 8.65. The molecule has 118 valence electrons. The van der Waals surface area contributed by atoms with Crippen LogP contribution in [0.5, 0.6) is 5.75 Å². The molecule has 0 aliphatic carbocycles. The third-order valence-electron chi connectivity index (χ3n) is 4.45. The zero-order valence-corrected chi connectivity index (χ0v) is 13.8. The lowest BCUT2D eigenvalue weighted by molar-refractivity contribution is 0.285. The standard InChI is InChI=1S/C18H30N2O/c1-4-6-15-11-12-20(13-15)14-18(19-3)16-7-9-17(10-8-16)21-5-2/h7-10,15,18-19H,4-6,11-14H2,1-3H3. The third kappa shape index (κ3) is 4.72. The Hall–Kier alpha value is -1.06. The molecule has 1 aliphatic rings. The van der Waals surface area contributed by atoms with E-state index in [2.05, 4.69) is 48.5 Å². The second-order valence-corrected chi connectivity index (χ2v) is 6.05. The van der Waals surface area contributed by atoms with E-state index < -0.39 is 0 Å². The third-order valence-corrected chi connectivity index (χ3v) is 4.45. The first kappa shape index (κ1) is 16.3. The Labute approximate surface area is 129 Å². The van der Waals surface area contributed by atoms with E-state index in [1.807, 2.05) is 6.92 Å². The summed E-state index contributed by atoms with van der Waals surface area (Å²) in [4.78, 5) is 2.61. The Morgan fingerprint density at radius 3 is 2.67 bits per heavy atom. The predicted octanol–water partition coefficient (Wildman–Crippen LogP) is 3.47. The van der Waals surface area contributed by atoms with Crippen LogP contribution in [0.25, 0.3) is 0 Å². The molecule has 1 aromatic rings. The van der Waals surface area contributed by atoms with Gasteiger partial charge in [0, 0.05) is 19.1 Å². The highest BCUT2D eigenvalue weighted by atomic mass is 16.5. The van der Waals surface area contributed by atoms with E-state index in [9.17, 15) is 0 Å². The molecular formula is C18H30N2O. The Kier molecular flexibility index (Phi) is 6.52. The van der Waals surface area contributed by atoms with Gasteiger partial charge < -0.3 is 15.0 Å². The average Bonchev–Trinajstić information content (AvgIpc) is 2.94. The molecule has 3 nitrogen and oxygen atoms in total. The minimum absolute atomic E-state index is 0.404. The Morgan fingerprint density at radius 1 is 1.29 bits per heavy atom. The molecule has 0 amide bonds. The summed E-state index contributed by atoms with van der Waals surface area (Å²) in [6, 6.07) is 8.93. The van der Waals surface area contributed by atoms with Crippen LogP contribution in [-0.2, 0) is 0 Å². The van der Waals surface area contributed by atoms with Crippen LogP contribution in [-0.4, -0.2) is 38.2 Å². The molecule has 1 fully saturated rings. The van der Waals surface area contributed by atoms with Gasteiger partial charge in [-0.2, -0.15) is 0 Å². The molecule has 0 aromatic heterocycles. The van der Waals surface area contributed by atoms with Crippen molar-refractivity contribution in [2.75, 3.05) is 33.3 Å². The highest BCUT2D eigenvalue weighted by Crippen LogP contribution is 2.24. The highest BCUT2D eigenvalue weighted by Gasteiger charge is 2.24. The molecule has 0 bridgehead atoms. The fourth-order valence-corrected chi connectivity index (χ4v) is 3.31. The van der Waals surface area contributed by atoms with Gasteiger partial charge in [-0.05, 0) is 57.0 Å². The maximum absolute atomic E-state index is 5.52. The normalized spacial score (nSPS) is 20.6. The molecule has 3 heteroatoms. The molecule has 0 saturated carbocycles. The minimum Gasteiger partial charge on any atom is -0.494 e. The molecule has 2 atom stereocenters. The molecule has 21 heavy (non-hydrogen) atoms. The van der Waals surface area contributed by atoms with Gasteiger partial charge >= 0.3 is 0 Å². The summed E-state index contributed by atoms with van der Waals surface area (Å²) in [5.41, 5.74) is 1.35. The van der Waals surface area contributed by atoms with Crippen molar-refractivity contribution in [1.29, 1.82) is 0 Å². The number of rotatable bonds is 8. The molecule has 0 radical (unpaired) electrons. The fourth-order valence-electron chi connectivity index (χ4n) is 3.31. The van der Waals surface area contributed by atoms with Gasteiger partial charge in [-0.15, -0.1) is 0 Å². The lowest BCUT2D eigenvalue weighted by Gasteiger charge is -2.24. The van der Waals surface area contributed by atoms with Crippen LogP contribution in [0.3, 0.4) is 0 Å². The van der Waals surface area contributed by atoms with Crippen LogP contribution in [0, 0.1) is 5.92 Å². The predicted molar refractivity (Wildman–Crippen MR) is 88.9 cm³/mol. The van der Waals surface area contributed by atoms with Gasteiger partial charge in [0.15, 0.2) is 0 Å². The topological polar surface area (TPSA) is 24.5 Å². The summed E-state index contributed by atoms with van der Waals surface area (Å²) in [5, 5.41) is 3.46. The van der Waals surface area contributed by atoms with Crippen molar-refractivity contribution >= 4 is 0 Å². The van der Waals surface area contributed by atoms with E-state index >= 15 is 0 Å². The summed E-state index contributed by atoms with van der Waals surface area (Å²) in [6.07, 6.45) is 4.06. The fraction of sp³-hybridized carbons (Fsp3) is 0.667. The maximum atomic E-state index is 5.52. The van der Waals surface area contributed by atoms with Crippen LogP contribution in [0.15, 0.2) is 24.3 Å². The van der Waals surface area contributed by atoms with Crippen LogP contribution in [0.2, 0.25) is 0 Å². The van der Waals surface area contributed by atoms with Crippen molar-refractivity contribution < 1.29 is 4.74 Å². The molecule has 2 unspecified atom stereocenters. The second-order valence-electron chi connectivity index (χ2n) is 6.05. The van der Waals surface area contributed by atoms with Crippen LogP contribution in [0.4, 0.5) is 0 Å². The van der Waals surface area contributed by atoms with Crippen LogP contribution < -0.4 is 10.1 Å². The second kappa shape index (κ2) is 8.40. The summed E-state index contributed by atoms with van der Waals surface area (Å²) in [7, 11) is 2.06. The van der Waals surface area contributed by atoms with E-state index in [-0.39, 0.29) is 0 Å². The maximum Gasteiger partial charge on any atom is 0.119 e. The van der Waals surface area contributed by atoms with Gasteiger partial charge in [0.05, 0.1) is 6.61 Å². The Morgan fingerprint density at radius 2 is 2.05 bits per heavy atom. The van der Waals surface area contributed by atoms with Crippen LogP contribution in [0.1, 0.15) is 44.7 Å². The van der Waals surface area contributed by atoms with Gasteiger partial charge in [0.25, 0.3) is 0 Å². The highest BCUT2D eigenvalue weighted by molar-refractivity contribution is 5.29. The lowest BCUT2D eigenvalue weighted by Crippen LogP contribution is -2.32. The SMILES string of the molecule is CCCC1CCN(CC(NC)c2ccc(OCC)cc2)C1. The zero-order valence-electron chi connectivity index (χ0n) is 13.8. The van der Waals surface area contributed by atoms with Gasteiger partial charge in [-0.3, -0.25) is 0 Å². The van der Waals surface area contributed by atoms with E-state index in [0.717, 1.165) is 24.8 Å². The van der Waals surface area contributed by atoms with Crippen LogP contribution >= 0.6 is 0 Å². The van der Waals surface area contributed by atoms with Crippen molar-refractivity contribution in [2.45, 2.75) is 39.2 Å². The molecule has 2 rings (SSSR count). The number of hydrogen-bond donors (Lipinski definition) is 1. The summed E-state index contributed by atoms with van der Waals surface area (Å²) >= 11 is 0. The monoisotopic (exact) mass is 290 g/mol. The van der Waals surface area contributed by atoms with Gasteiger partial charge in [0.2, 0.25) is 0 Å². The van der Waals surface area contributed by atoms with E-state index in [4.69, 9.17) is 4.74 Å². The zero-order chi connectivity index (χ0) is 15.1. The van der Waals surface area contributed by atoms with Crippen molar-refractivity contribution in [1.82, 2.24) is 10.2 Å². The Bertz CT molecular complexity index is 404. The first-order valence-corrected chi connectivity index (χ1v) is 8.39. The summed E-state index contributed by atoms with van der Waals surface area (Å²) < 4.78 is 5.52. The van der Waals surface area contributed by atoms with Crippen molar-refractivity contribution in [3.05, 3.63) is 29.8 Å². The van der Waals surface area contributed by atoms with Crippen molar-refractivity contribution in [2.24, 2.45) is 5.92 Å². The van der Waals surface area contributed by atoms with Gasteiger partial charge in [0.1, 0.15) is 5.75 Å². The largest absolute Gasteiger partial charge is 0.494 e. The number of likely N-dealkylation sites (tertiary alicyclic amines) is 1. The number of nitrogens with zero attached hydrogens (tertiary/aromatic N) is 1. The number of nitrogens with one attached hydrogen (secondary N) is 1. The summed E-state index contributed by atoms with van der Waals surface area (Å²) in [5.74, 6) is 1.87. The molecule has 1 aliphatic heterocycles. The number of hydrogen-bond acceptors (Lipinski definition) is 3. The lowest BCUT2D eigenvalue weighted by atomic mass is 10.0. The Balaban J connectivity index is 1.90. The number of benzene rings is 1.